The highest BCUT2D eigenvalue weighted by Gasteiger charge is 2.29. The number of halogens is 3. The molecular weight excluding hydrogens is 389 g/mol. The molecular formula is C25H35F3O2. The molecule has 0 amide bonds. The predicted molar refractivity (Wildman–Crippen MR) is 112 cm³/mol. The standard InChI is InChI=1S/C25H35F3O2/c1-2-3-4-17-5-7-18(8-6-17)9-10-19-11-13-20(14-12-19)25(29)30-21-15-22(26)24(28)23(27)16-21/h15-20H,2-14H2,1H3/t17-,18-,19-,20-. The molecule has 0 atom stereocenters. The summed E-state index contributed by atoms with van der Waals surface area (Å²) in [5, 5.41) is 0. The third-order valence-electron chi connectivity index (χ3n) is 7.27. The van der Waals surface area contributed by atoms with E-state index in [1.54, 1.807) is 0 Å². The van der Waals surface area contributed by atoms with E-state index in [4.69, 9.17) is 4.74 Å². The van der Waals surface area contributed by atoms with Crippen LogP contribution in [0.4, 0.5) is 13.2 Å². The van der Waals surface area contributed by atoms with Gasteiger partial charge in [0, 0.05) is 12.1 Å². The van der Waals surface area contributed by atoms with Gasteiger partial charge in [-0.1, -0.05) is 64.7 Å². The van der Waals surface area contributed by atoms with Crippen molar-refractivity contribution in [3.63, 3.8) is 0 Å². The van der Waals surface area contributed by atoms with Gasteiger partial charge < -0.3 is 4.74 Å². The Labute approximate surface area is 178 Å². The van der Waals surface area contributed by atoms with Gasteiger partial charge in [-0.3, -0.25) is 4.79 Å². The molecule has 168 valence electrons. The van der Waals surface area contributed by atoms with Gasteiger partial charge in [0.1, 0.15) is 5.75 Å². The zero-order chi connectivity index (χ0) is 21.5. The predicted octanol–water partition coefficient (Wildman–Crippen LogP) is 7.59. The minimum atomic E-state index is -1.55. The van der Waals surface area contributed by atoms with E-state index in [0.717, 1.165) is 49.7 Å². The molecule has 0 spiro atoms. The van der Waals surface area contributed by atoms with Crippen LogP contribution in [-0.2, 0) is 4.79 Å². The summed E-state index contributed by atoms with van der Waals surface area (Å²) >= 11 is 0. The second-order valence-electron chi connectivity index (χ2n) is 9.45. The van der Waals surface area contributed by atoms with E-state index in [-0.39, 0.29) is 11.7 Å². The maximum Gasteiger partial charge on any atom is 0.314 e. The normalized spacial score (nSPS) is 27.1. The number of hydrogen-bond acceptors (Lipinski definition) is 2. The number of ether oxygens (including phenoxy) is 1. The Balaban J connectivity index is 1.35. The average molecular weight is 425 g/mol. The van der Waals surface area contributed by atoms with E-state index in [0.29, 0.717) is 5.92 Å². The summed E-state index contributed by atoms with van der Waals surface area (Å²) < 4.78 is 44.7. The Kier molecular flexibility index (Phi) is 8.64. The maximum absolute atomic E-state index is 13.3. The zero-order valence-electron chi connectivity index (χ0n) is 18.1. The van der Waals surface area contributed by atoms with Gasteiger partial charge >= 0.3 is 5.97 Å². The maximum atomic E-state index is 13.3. The highest BCUT2D eigenvalue weighted by Crippen LogP contribution is 2.38. The van der Waals surface area contributed by atoms with Gasteiger partial charge in [0.05, 0.1) is 5.92 Å². The van der Waals surface area contributed by atoms with E-state index in [2.05, 4.69) is 6.92 Å². The Morgan fingerprint density at radius 1 is 0.833 bits per heavy atom. The van der Waals surface area contributed by atoms with E-state index < -0.39 is 23.4 Å². The fourth-order valence-electron chi connectivity index (χ4n) is 5.25. The molecule has 3 rings (SSSR count). The fraction of sp³-hybridized carbons (Fsp3) is 0.720. The lowest BCUT2D eigenvalue weighted by Gasteiger charge is -2.31. The first-order valence-corrected chi connectivity index (χ1v) is 11.8. The van der Waals surface area contributed by atoms with Crippen LogP contribution in [0.1, 0.15) is 90.4 Å². The SMILES string of the molecule is CCCC[C@H]1CC[C@H](CC[C@H]2CC[C@H](C(=O)Oc3cc(F)c(F)c(F)c3)CC2)CC1. The van der Waals surface area contributed by atoms with Crippen molar-refractivity contribution >= 4 is 5.97 Å². The molecule has 0 saturated heterocycles. The molecule has 0 bridgehead atoms. The lowest BCUT2D eigenvalue weighted by Crippen LogP contribution is -2.26. The molecule has 2 saturated carbocycles. The Hall–Kier alpha value is -1.52. The molecule has 2 aliphatic rings. The summed E-state index contributed by atoms with van der Waals surface area (Å²) in [6.45, 7) is 2.27. The largest absolute Gasteiger partial charge is 0.426 e. The molecule has 1 aromatic rings. The van der Waals surface area contributed by atoms with Crippen molar-refractivity contribution in [3.8, 4) is 5.75 Å². The van der Waals surface area contributed by atoms with Gasteiger partial charge in [0.25, 0.3) is 0 Å². The molecule has 0 unspecified atom stereocenters. The van der Waals surface area contributed by atoms with Crippen LogP contribution in [0.15, 0.2) is 12.1 Å². The number of unbranched alkanes of at least 4 members (excludes halogenated alkanes) is 1. The minimum Gasteiger partial charge on any atom is -0.426 e. The van der Waals surface area contributed by atoms with Crippen LogP contribution >= 0.6 is 0 Å². The van der Waals surface area contributed by atoms with Crippen molar-refractivity contribution in [1.29, 1.82) is 0 Å². The van der Waals surface area contributed by atoms with Crippen LogP contribution in [0.2, 0.25) is 0 Å². The van der Waals surface area contributed by atoms with Crippen molar-refractivity contribution in [1.82, 2.24) is 0 Å². The number of carbonyl (C=O) groups excluding carboxylic acids is 1. The number of hydrogen-bond donors (Lipinski definition) is 0. The average Bonchev–Trinajstić information content (AvgIpc) is 2.75. The summed E-state index contributed by atoms with van der Waals surface area (Å²) in [4.78, 5) is 12.3. The number of carbonyl (C=O) groups is 1. The second kappa shape index (κ2) is 11.2. The van der Waals surface area contributed by atoms with Crippen LogP contribution in [0.3, 0.4) is 0 Å². The van der Waals surface area contributed by atoms with E-state index >= 15 is 0 Å². The molecule has 30 heavy (non-hydrogen) atoms. The summed E-state index contributed by atoms with van der Waals surface area (Å²) in [6.07, 6.45) is 15.6. The fourth-order valence-corrected chi connectivity index (χ4v) is 5.25. The van der Waals surface area contributed by atoms with Gasteiger partial charge in [0.15, 0.2) is 17.5 Å². The monoisotopic (exact) mass is 424 g/mol. The lowest BCUT2D eigenvalue weighted by atomic mass is 9.75. The van der Waals surface area contributed by atoms with Gasteiger partial charge in [-0.2, -0.15) is 0 Å². The highest BCUT2D eigenvalue weighted by atomic mass is 19.2. The molecule has 2 fully saturated rings. The van der Waals surface area contributed by atoms with Crippen LogP contribution in [-0.4, -0.2) is 5.97 Å². The number of rotatable bonds is 8. The van der Waals surface area contributed by atoms with Gasteiger partial charge in [-0.15, -0.1) is 0 Å². The molecule has 0 N–H and O–H groups in total. The smallest absolute Gasteiger partial charge is 0.314 e. The first-order valence-electron chi connectivity index (χ1n) is 11.8. The Morgan fingerprint density at radius 2 is 1.30 bits per heavy atom. The third kappa shape index (κ3) is 6.49. The minimum absolute atomic E-state index is 0.244. The van der Waals surface area contributed by atoms with Crippen molar-refractivity contribution < 1.29 is 22.7 Å². The zero-order valence-corrected chi connectivity index (χ0v) is 18.1. The highest BCUT2D eigenvalue weighted by molar-refractivity contribution is 5.75. The molecule has 1 aromatic carbocycles. The van der Waals surface area contributed by atoms with E-state index in [1.165, 1.54) is 57.8 Å². The first kappa shape index (κ1) is 23.1. The van der Waals surface area contributed by atoms with Crippen molar-refractivity contribution in [2.24, 2.45) is 23.7 Å². The number of esters is 1. The van der Waals surface area contributed by atoms with Crippen molar-refractivity contribution in [2.75, 3.05) is 0 Å². The third-order valence-corrected chi connectivity index (χ3v) is 7.27. The van der Waals surface area contributed by atoms with Crippen molar-refractivity contribution in [2.45, 2.75) is 90.4 Å². The molecule has 2 aliphatic carbocycles. The van der Waals surface area contributed by atoms with Gasteiger partial charge in [-0.05, 0) is 43.4 Å². The topological polar surface area (TPSA) is 26.3 Å². The molecule has 0 aliphatic heterocycles. The Morgan fingerprint density at radius 3 is 1.80 bits per heavy atom. The lowest BCUT2D eigenvalue weighted by molar-refractivity contribution is -0.140. The molecule has 0 radical (unpaired) electrons. The summed E-state index contributed by atoms with van der Waals surface area (Å²) in [7, 11) is 0. The Bertz CT molecular complexity index is 667. The number of benzene rings is 1. The quantitative estimate of drug-likeness (QED) is 0.244. The van der Waals surface area contributed by atoms with Gasteiger partial charge in [0.2, 0.25) is 0 Å². The van der Waals surface area contributed by atoms with Gasteiger partial charge in [-0.25, -0.2) is 13.2 Å². The first-order chi connectivity index (χ1) is 14.5. The van der Waals surface area contributed by atoms with Crippen molar-refractivity contribution in [3.05, 3.63) is 29.6 Å². The molecule has 0 heterocycles. The summed E-state index contributed by atoms with van der Waals surface area (Å²) in [5.41, 5.74) is 0. The summed E-state index contributed by atoms with van der Waals surface area (Å²) in [6, 6.07) is 1.44. The van der Waals surface area contributed by atoms with Crippen LogP contribution in [0.5, 0.6) is 5.75 Å². The molecule has 0 aromatic heterocycles. The van der Waals surface area contributed by atoms with Crippen LogP contribution in [0, 0.1) is 41.1 Å². The van der Waals surface area contributed by atoms with Crippen LogP contribution < -0.4 is 4.74 Å². The molecule has 2 nitrogen and oxygen atoms in total. The van der Waals surface area contributed by atoms with Crippen LogP contribution in [0.25, 0.3) is 0 Å². The molecule has 5 heteroatoms. The second-order valence-corrected chi connectivity index (χ2v) is 9.45. The van der Waals surface area contributed by atoms with E-state index in [9.17, 15) is 18.0 Å². The van der Waals surface area contributed by atoms with E-state index in [1.807, 2.05) is 0 Å². The summed E-state index contributed by atoms with van der Waals surface area (Å²) in [5.74, 6) is -2.75.